The van der Waals surface area contributed by atoms with Gasteiger partial charge in [-0.2, -0.15) is 0 Å². The van der Waals surface area contributed by atoms with Crippen LogP contribution in [-0.4, -0.2) is 12.1 Å². The molecule has 0 saturated heterocycles. The zero-order valence-corrected chi connectivity index (χ0v) is 11.7. The maximum Gasteiger partial charge on any atom is 0.126 e. The van der Waals surface area contributed by atoms with Crippen LogP contribution in [0.3, 0.4) is 0 Å². The molecule has 1 aromatic carbocycles. The fraction of sp³-hybridized carbons (Fsp3) is 0.312. The van der Waals surface area contributed by atoms with Crippen molar-refractivity contribution in [3.63, 3.8) is 0 Å². The van der Waals surface area contributed by atoms with E-state index in [-0.39, 0.29) is 6.04 Å². The fourth-order valence-electron chi connectivity index (χ4n) is 2.26. The molecule has 0 saturated carbocycles. The number of aromatic nitrogens is 1. The molecule has 1 heterocycles. The minimum absolute atomic E-state index is 0.0725. The average molecular weight is 256 g/mol. The van der Waals surface area contributed by atoms with E-state index < -0.39 is 0 Å². The Kier molecular flexibility index (Phi) is 4.17. The minimum atomic E-state index is -0.0725. The number of nitrogens with zero attached hydrogens (tertiary/aromatic N) is 1. The number of benzene rings is 1. The molecular formula is C16H20N2O. The number of methoxy groups -OCH3 is 1. The van der Waals surface area contributed by atoms with E-state index in [1.807, 2.05) is 12.1 Å². The summed E-state index contributed by atoms with van der Waals surface area (Å²) in [7, 11) is 1.70. The van der Waals surface area contributed by atoms with Crippen LogP contribution in [0.4, 0.5) is 0 Å². The molecule has 0 amide bonds. The van der Waals surface area contributed by atoms with E-state index in [4.69, 9.17) is 10.5 Å². The highest BCUT2D eigenvalue weighted by Crippen LogP contribution is 2.31. The molecule has 1 atom stereocenters. The van der Waals surface area contributed by atoms with Crippen molar-refractivity contribution in [2.45, 2.75) is 26.3 Å². The highest BCUT2D eigenvalue weighted by molar-refractivity contribution is 5.47. The standard InChI is InChI=1S/C16H20N2O/c1-11-4-5-14(16(19-3)12(11)2)15(17)10-13-6-8-18-9-7-13/h4-9,15H,10,17H2,1-3H3. The van der Waals surface area contributed by atoms with Gasteiger partial charge in [0.25, 0.3) is 0 Å². The van der Waals surface area contributed by atoms with Crippen molar-refractivity contribution in [2.75, 3.05) is 7.11 Å². The van der Waals surface area contributed by atoms with Gasteiger partial charge in [-0.15, -0.1) is 0 Å². The Hall–Kier alpha value is -1.87. The second-order valence-electron chi connectivity index (χ2n) is 4.80. The van der Waals surface area contributed by atoms with Gasteiger partial charge in [0, 0.05) is 24.0 Å². The molecule has 3 heteroatoms. The summed E-state index contributed by atoms with van der Waals surface area (Å²) in [5, 5.41) is 0. The van der Waals surface area contributed by atoms with Gasteiger partial charge in [0.1, 0.15) is 5.75 Å². The lowest BCUT2D eigenvalue weighted by Crippen LogP contribution is -2.15. The van der Waals surface area contributed by atoms with Gasteiger partial charge < -0.3 is 10.5 Å². The van der Waals surface area contributed by atoms with Crippen molar-refractivity contribution in [3.8, 4) is 5.75 Å². The van der Waals surface area contributed by atoms with Gasteiger partial charge in [0.15, 0.2) is 0 Å². The Bertz CT molecular complexity index is 552. The summed E-state index contributed by atoms with van der Waals surface area (Å²) in [6.45, 7) is 4.15. The third-order valence-corrected chi connectivity index (χ3v) is 3.52. The summed E-state index contributed by atoms with van der Waals surface area (Å²) in [6.07, 6.45) is 4.36. The van der Waals surface area contributed by atoms with Crippen molar-refractivity contribution in [2.24, 2.45) is 5.73 Å². The molecule has 0 aliphatic rings. The van der Waals surface area contributed by atoms with Gasteiger partial charge >= 0.3 is 0 Å². The van der Waals surface area contributed by atoms with Gasteiger partial charge in [-0.05, 0) is 49.1 Å². The zero-order valence-electron chi connectivity index (χ0n) is 11.7. The van der Waals surface area contributed by atoms with Crippen molar-refractivity contribution < 1.29 is 4.74 Å². The van der Waals surface area contributed by atoms with Crippen molar-refractivity contribution in [3.05, 3.63) is 58.9 Å². The molecule has 0 bridgehead atoms. The van der Waals surface area contributed by atoms with Crippen LogP contribution in [0.2, 0.25) is 0 Å². The van der Waals surface area contributed by atoms with Crippen LogP contribution in [0.15, 0.2) is 36.7 Å². The van der Waals surface area contributed by atoms with Crippen LogP contribution in [0.5, 0.6) is 5.75 Å². The Morgan fingerprint density at radius 2 is 1.84 bits per heavy atom. The molecule has 0 fully saturated rings. The number of rotatable bonds is 4. The number of aryl methyl sites for hydroxylation is 1. The molecule has 0 spiro atoms. The molecular weight excluding hydrogens is 236 g/mol. The van der Waals surface area contributed by atoms with Crippen molar-refractivity contribution >= 4 is 0 Å². The van der Waals surface area contributed by atoms with Gasteiger partial charge in [-0.1, -0.05) is 12.1 Å². The number of hydrogen-bond donors (Lipinski definition) is 1. The normalized spacial score (nSPS) is 12.2. The van der Waals surface area contributed by atoms with E-state index >= 15 is 0 Å². The monoisotopic (exact) mass is 256 g/mol. The van der Waals surface area contributed by atoms with Gasteiger partial charge in [-0.3, -0.25) is 4.98 Å². The van der Waals surface area contributed by atoms with Gasteiger partial charge in [-0.25, -0.2) is 0 Å². The van der Waals surface area contributed by atoms with Crippen LogP contribution in [-0.2, 0) is 6.42 Å². The summed E-state index contributed by atoms with van der Waals surface area (Å²) >= 11 is 0. The highest BCUT2D eigenvalue weighted by Gasteiger charge is 2.15. The van der Waals surface area contributed by atoms with Crippen LogP contribution >= 0.6 is 0 Å². The zero-order chi connectivity index (χ0) is 13.8. The topological polar surface area (TPSA) is 48.1 Å². The molecule has 1 unspecified atom stereocenters. The molecule has 19 heavy (non-hydrogen) atoms. The van der Waals surface area contributed by atoms with E-state index in [1.54, 1.807) is 19.5 Å². The SMILES string of the molecule is COc1c(C(N)Cc2ccncc2)ccc(C)c1C. The van der Waals surface area contributed by atoms with E-state index in [1.165, 1.54) is 11.1 Å². The first-order chi connectivity index (χ1) is 9.13. The smallest absolute Gasteiger partial charge is 0.126 e. The van der Waals surface area contributed by atoms with Gasteiger partial charge in [0.2, 0.25) is 0 Å². The minimum Gasteiger partial charge on any atom is -0.496 e. The molecule has 100 valence electrons. The van der Waals surface area contributed by atoms with Gasteiger partial charge in [0.05, 0.1) is 7.11 Å². The number of hydrogen-bond acceptors (Lipinski definition) is 3. The molecule has 0 radical (unpaired) electrons. The lowest BCUT2D eigenvalue weighted by Gasteiger charge is -2.18. The Morgan fingerprint density at radius 1 is 1.16 bits per heavy atom. The number of ether oxygens (including phenoxy) is 1. The summed E-state index contributed by atoms with van der Waals surface area (Å²) in [5.41, 5.74) is 10.9. The fourth-order valence-corrected chi connectivity index (χ4v) is 2.26. The lowest BCUT2D eigenvalue weighted by molar-refractivity contribution is 0.402. The Balaban J connectivity index is 2.29. The van der Waals surface area contributed by atoms with Crippen LogP contribution in [0.1, 0.15) is 28.3 Å². The summed E-state index contributed by atoms with van der Waals surface area (Å²) in [6, 6.07) is 8.07. The summed E-state index contributed by atoms with van der Waals surface area (Å²) in [5.74, 6) is 0.904. The molecule has 3 nitrogen and oxygen atoms in total. The third-order valence-electron chi connectivity index (χ3n) is 3.52. The van der Waals surface area contributed by atoms with E-state index in [2.05, 4.69) is 31.0 Å². The lowest BCUT2D eigenvalue weighted by atomic mass is 9.95. The Morgan fingerprint density at radius 3 is 2.47 bits per heavy atom. The Labute approximate surface area is 114 Å². The quantitative estimate of drug-likeness (QED) is 0.915. The van der Waals surface area contributed by atoms with E-state index in [0.29, 0.717) is 0 Å². The van der Waals surface area contributed by atoms with E-state index in [0.717, 1.165) is 23.3 Å². The first-order valence-electron chi connectivity index (χ1n) is 6.42. The molecule has 2 aromatic rings. The van der Waals surface area contributed by atoms with Crippen LogP contribution in [0.25, 0.3) is 0 Å². The van der Waals surface area contributed by atoms with Crippen molar-refractivity contribution in [1.29, 1.82) is 0 Å². The first kappa shape index (κ1) is 13.6. The third kappa shape index (κ3) is 2.93. The van der Waals surface area contributed by atoms with E-state index in [9.17, 15) is 0 Å². The molecule has 0 aliphatic carbocycles. The second kappa shape index (κ2) is 5.85. The van der Waals surface area contributed by atoms with Crippen LogP contribution in [0, 0.1) is 13.8 Å². The first-order valence-corrected chi connectivity index (χ1v) is 6.42. The summed E-state index contributed by atoms with van der Waals surface area (Å²) in [4.78, 5) is 4.02. The highest BCUT2D eigenvalue weighted by atomic mass is 16.5. The predicted molar refractivity (Wildman–Crippen MR) is 77.3 cm³/mol. The molecule has 0 aliphatic heterocycles. The van der Waals surface area contributed by atoms with Crippen LogP contribution < -0.4 is 10.5 Å². The predicted octanol–water partition coefficient (Wildman–Crippen LogP) is 2.95. The largest absolute Gasteiger partial charge is 0.496 e. The summed E-state index contributed by atoms with van der Waals surface area (Å²) < 4.78 is 5.52. The molecule has 2 rings (SSSR count). The molecule has 2 N–H and O–H groups in total. The number of nitrogens with two attached hydrogens (primary N) is 1. The second-order valence-corrected chi connectivity index (χ2v) is 4.80. The maximum absolute atomic E-state index is 6.32. The average Bonchev–Trinajstić information content (AvgIpc) is 2.42. The van der Waals surface area contributed by atoms with Crippen molar-refractivity contribution in [1.82, 2.24) is 4.98 Å². The number of pyridine rings is 1. The maximum atomic E-state index is 6.32. The molecule has 1 aromatic heterocycles.